The molecule has 0 spiro atoms. The van der Waals surface area contributed by atoms with Crippen molar-refractivity contribution < 1.29 is 14.3 Å². The molecule has 2 amide bonds. The van der Waals surface area contributed by atoms with Gasteiger partial charge in [-0.05, 0) is 50.2 Å². The summed E-state index contributed by atoms with van der Waals surface area (Å²) in [5, 5.41) is 0.686. The highest BCUT2D eigenvalue weighted by atomic mass is 32.1. The third-order valence-electron chi connectivity index (χ3n) is 5.03. The van der Waals surface area contributed by atoms with Crippen LogP contribution in [0.4, 0.5) is 10.8 Å². The van der Waals surface area contributed by atoms with Crippen molar-refractivity contribution in [3.63, 3.8) is 0 Å². The van der Waals surface area contributed by atoms with Crippen molar-refractivity contribution in [3.05, 3.63) is 48.5 Å². The number of benzene rings is 2. The fraction of sp³-hybridized carbons (Fsp3) is 0.318. The van der Waals surface area contributed by atoms with E-state index in [9.17, 15) is 9.59 Å². The number of thiazole rings is 1. The van der Waals surface area contributed by atoms with Crippen LogP contribution in [-0.4, -0.2) is 36.5 Å². The van der Waals surface area contributed by atoms with Gasteiger partial charge in [-0.3, -0.25) is 14.5 Å². The number of hydrogen-bond donors (Lipinski definition) is 0. The van der Waals surface area contributed by atoms with E-state index in [1.807, 2.05) is 62.4 Å². The van der Waals surface area contributed by atoms with Gasteiger partial charge in [0.2, 0.25) is 11.8 Å². The van der Waals surface area contributed by atoms with E-state index in [2.05, 4.69) is 4.98 Å². The SMILES string of the molecule is CCOc1ccc(N2C[C@H](C(=O)N(CC)c3nc4ccccc4s3)CC2=O)cc1. The maximum absolute atomic E-state index is 13.2. The highest BCUT2D eigenvalue weighted by Gasteiger charge is 2.38. The normalized spacial score (nSPS) is 16.4. The largest absolute Gasteiger partial charge is 0.494 e. The molecule has 0 bridgehead atoms. The number of ether oxygens (including phenoxy) is 1. The lowest BCUT2D eigenvalue weighted by Gasteiger charge is -2.22. The number of nitrogens with zero attached hydrogens (tertiary/aromatic N) is 3. The summed E-state index contributed by atoms with van der Waals surface area (Å²) in [5.41, 5.74) is 1.68. The summed E-state index contributed by atoms with van der Waals surface area (Å²) in [5.74, 6) is 0.311. The smallest absolute Gasteiger partial charge is 0.234 e. The molecule has 0 unspecified atom stereocenters. The predicted molar refractivity (Wildman–Crippen MR) is 116 cm³/mol. The fourth-order valence-corrected chi connectivity index (χ4v) is 4.63. The monoisotopic (exact) mass is 409 g/mol. The molecule has 1 saturated heterocycles. The summed E-state index contributed by atoms with van der Waals surface area (Å²) in [4.78, 5) is 33.8. The third kappa shape index (κ3) is 3.82. The summed E-state index contributed by atoms with van der Waals surface area (Å²) in [6.45, 7) is 5.36. The number of hydrogen-bond acceptors (Lipinski definition) is 5. The number of carbonyl (C=O) groups excluding carboxylic acids is 2. The molecule has 1 atom stereocenters. The van der Waals surface area contributed by atoms with Crippen LogP contribution in [0.5, 0.6) is 5.75 Å². The molecule has 7 heteroatoms. The molecule has 0 aliphatic carbocycles. The minimum Gasteiger partial charge on any atom is -0.494 e. The molecule has 29 heavy (non-hydrogen) atoms. The predicted octanol–water partition coefficient (Wildman–Crippen LogP) is 4.10. The Morgan fingerprint density at radius 1 is 1.21 bits per heavy atom. The van der Waals surface area contributed by atoms with Gasteiger partial charge in [-0.25, -0.2) is 4.98 Å². The highest BCUT2D eigenvalue weighted by Crippen LogP contribution is 2.32. The van der Waals surface area contributed by atoms with Gasteiger partial charge < -0.3 is 9.64 Å². The van der Waals surface area contributed by atoms with Gasteiger partial charge in [0.25, 0.3) is 0 Å². The lowest BCUT2D eigenvalue weighted by Crippen LogP contribution is -2.37. The lowest BCUT2D eigenvalue weighted by atomic mass is 10.1. The standard InChI is InChI=1S/C22H23N3O3S/c1-3-24(22-23-18-7-5-6-8-19(18)29-22)21(27)15-13-20(26)25(14-15)16-9-11-17(12-10-16)28-4-2/h5-12,15H,3-4,13-14H2,1-2H3/t15-/m1/s1. The van der Waals surface area contributed by atoms with Crippen LogP contribution >= 0.6 is 11.3 Å². The van der Waals surface area contributed by atoms with E-state index in [4.69, 9.17) is 4.74 Å². The lowest BCUT2D eigenvalue weighted by molar-refractivity contribution is -0.124. The van der Waals surface area contributed by atoms with Crippen molar-refractivity contribution in [2.24, 2.45) is 5.92 Å². The molecule has 2 aromatic carbocycles. The first-order chi connectivity index (χ1) is 14.1. The molecule has 0 N–H and O–H groups in total. The average molecular weight is 410 g/mol. The Bertz CT molecular complexity index is 998. The van der Waals surface area contributed by atoms with Crippen LogP contribution in [0.2, 0.25) is 0 Å². The van der Waals surface area contributed by atoms with E-state index in [1.165, 1.54) is 11.3 Å². The van der Waals surface area contributed by atoms with Crippen molar-refractivity contribution in [3.8, 4) is 5.75 Å². The molecule has 0 saturated carbocycles. The van der Waals surface area contributed by atoms with Crippen LogP contribution in [-0.2, 0) is 9.59 Å². The topological polar surface area (TPSA) is 62.7 Å². The minimum absolute atomic E-state index is 0.0344. The van der Waals surface area contributed by atoms with Crippen LogP contribution in [0.3, 0.4) is 0 Å². The number of rotatable bonds is 6. The first-order valence-electron chi connectivity index (χ1n) is 9.81. The summed E-state index contributed by atoms with van der Waals surface area (Å²) in [6.07, 6.45) is 0.216. The number of amides is 2. The Morgan fingerprint density at radius 3 is 2.66 bits per heavy atom. The Balaban J connectivity index is 1.51. The first kappa shape index (κ1) is 19.4. The van der Waals surface area contributed by atoms with Gasteiger partial charge in [-0.15, -0.1) is 0 Å². The fourth-order valence-electron chi connectivity index (χ4n) is 3.59. The van der Waals surface area contributed by atoms with Gasteiger partial charge in [0.15, 0.2) is 5.13 Å². The molecular weight excluding hydrogens is 386 g/mol. The van der Waals surface area contributed by atoms with E-state index < -0.39 is 0 Å². The van der Waals surface area contributed by atoms with Gasteiger partial charge in [0.1, 0.15) is 5.75 Å². The molecule has 3 aromatic rings. The second kappa shape index (κ2) is 8.21. The maximum atomic E-state index is 13.2. The number of anilines is 2. The van der Waals surface area contributed by atoms with Gasteiger partial charge in [0.05, 0.1) is 22.7 Å². The summed E-state index contributed by atoms with van der Waals surface area (Å²) >= 11 is 1.50. The molecule has 1 fully saturated rings. The number of para-hydroxylation sites is 1. The molecule has 1 aromatic heterocycles. The zero-order valence-corrected chi connectivity index (χ0v) is 17.3. The van der Waals surface area contributed by atoms with Crippen molar-refractivity contribution in [2.75, 3.05) is 29.5 Å². The number of carbonyl (C=O) groups is 2. The summed E-state index contributed by atoms with van der Waals surface area (Å²) in [7, 11) is 0. The molecule has 1 aliphatic heterocycles. The second-order valence-electron chi connectivity index (χ2n) is 6.88. The van der Waals surface area contributed by atoms with Crippen LogP contribution in [0.25, 0.3) is 10.2 Å². The van der Waals surface area contributed by atoms with E-state index in [0.29, 0.717) is 24.8 Å². The van der Waals surface area contributed by atoms with Crippen LogP contribution < -0.4 is 14.5 Å². The number of fused-ring (bicyclic) bond motifs is 1. The molecule has 150 valence electrons. The van der Waals surface area contributed by atoms with Crippen molar-refractivity contribution in [2.45, 2.75) is 20.3 Å². The van der Waals surface area contributed by atoms with E-state index in [-0.39, 0.29) is 24.2 Å². The quantitative estimate of drug-likeness (QED) is 0.615. The molecule has 2 heterocycles. The first-order valence-corrected chi connectivity index (χ1v) is 10.6. The maximum Gasteiger partial charge on any atom is 0.234 e. The summed E-state index contributed by atoms with van der Waals surface area (Å²) in [6, 6.07) is 15.3. The Morgan fingerprint density at radius 2 is 1.97 bits per heavy atom. The number of aromatic nitrogens is 1. The van der Waals surface area contributed by atoms with Gasteiger partial charge in [0, 0.05) is 25.2 Å². The Hall–Kier alpha value is -2.93. The molecule has 0 radical (unpaired) electrons. The van der Waals surface area contributed by atoms with Crippen molar-refractivity contribution in [1.82, 2.24) is 4.98 Å². The van der Waals surface area contributed by atoms with E-state index in [1.54, 1.807) is 9.80 Å². The zero-order valence-electron chi connectivity index (χ0n) is 16.5. The van der Waals surface area contributed by atoms with Crippen LogP contribution in [0.1, 0.15) is 20.3 Å². The second-order valence-corrected chi connectivity index (χ2v) is 7.89. The molecule has 1 aliphatic rings. The highest BCUT2D eigenvalue weighted by molar-refractivity contribution is 7.22. The van der Waals surface area contributed by atoms with Gasteiger partial charge >= 0.3 is 0 Å². The average Bonchev–Trinajstić information content (AvgIpc) is 3.33. The molecular formula is C22H23N3O3S. The van der Waals surface area contributed by atoms with Gasteiger partial charge in [-0.2, -0.15) is 0 Å². The zero-order chi connectivity index (χ0) is 20.4. The molecule has 6 nitrogen and oxygen atoms in total. The van der Waals surface area contributed by atoms with Crippen LogP contribution in [0, 0.1) is 5.92 Å². The van der Waals surface area contributed by atoms with Crippen LogP contribution in [0.15, 0.2) is 48.5 Å². The van der Waals surface area contributed by atoms with Gasteiger partial charge in [-0.1, -0.05) is 23.5 Å². The van der Waals surface area contributed by atoms with Crippen molar-refractivity contribution in [1.29, 1.82) is 0 Å². The minimum atomic E-state index is -0.374. The van der Waals surface area contributed by atoms with E-state index >= 15 is 0 Å². The third-order valence-corrected chi connectivity index (χ3v) is 6.09. The van der Waals surface area contributed by atoms with E-state index in [0.717, 1.165) is 21.7 Å². The van der Waals surface area contributed by atoms with Crippen molar-refractivity contribution >= 4 is 44.2 Å². The Kier molecular flexibility index (Phi) is 5.49. The summed E-state index contributed by atoms with van der Waals surface area (Å²) < 4.78 is 6.51. The molecule has 4 rings (SSSR count). The Labute approximate surface area is 173 Å².